The average molecular weight is 390 g/mol. The van der Waals surface area contributed by atoms with E-state index in [4.69, 9.17) is 16.3 Å². The minimum atomic E-state index is -0.190. The summed E-state index contributed by atoms with van der Waals surface area (Å²) < 4.78 is 5.89. The van der Waals surface area contributed by atoms with Crippen molar-refractivity contribution in [3.05, 3.63) is 46.0 Å². The Balaban J connectivity index is 1.55. The molecule has 136 valence electrons. The lowest BCUT2D eigenvalue weighted by molar-refractivity contribution is -0.120. The SMILES string of the molecule is O=C1C2=C(CCCC2)C(=O)N1c1ccc(Cl)c(OCC2=CCCSC2)c1. The second kappa shape index (κ2) is 7.49. The van der Waals surface area contributed by atoms with E-state index in [1.54, 1.807) is 18.2 Å². The number of hydrogen-bond donors (Lipinski definition) is 0. The Kier molecular flexibility index (Phi) is 5.09. The molecule has 4 nitrogen and oxygen atoms in total. The smallest absolute Gasteiger partial charge is 0.261 e. The molecule has 1 aromatic rings. The Morgan fingerprint density at radius 1 is 1.12 bits per heavy atom. The zero-order valence-electron chi connectivity index (χ0n) is 14.4. The fourth-order valence-corrected chi connectivity index (χ4v) is 4.66. The van der Waals surface area contributed by atoms with E-state index in [9.17, 15) is 9.59 Å². The van der Waals surface area contributed by atoms with E-state index in [2.05, 4.69) is 6.08 Å². The standard InChI is InChI=1S/C20H20ClNO3S/c21-17-8-7-14(10-18(17)25-11-13-4-3-9-26-12-13)22-19(23)15-5-1-2-6-16(15)20(22)24/h4,7-8,10H,1-3,5-6,9,11-12H2. The molecule has 0 bridgehead atoms. The van der Waals surface area contributed by atoms with Crippen molar-refractivity contribution >= 4 is 40.9 Å². The van der Waals surface area contributed by atoms with Crippen LogP contribution in [0.2, 0.25) is 5.02 Å². The van der Waals surface area contributed by atoms with Crippen molar-refractivity contribution in [2.24, 2.45) is 0 Å². The van der Waals surface area contributed by atoms with Crippen molar-refractivity contribution in [2.45, 2.75) is 32.1 Å². The van der Waals surface area contributed by atoms with Gasteiger partial charge in [0.2, 0.25) is 0 Å². The minimum absolute atomic E-state index is 0.190. The summed E-state index contributed by atoms with van der Waals surface area (Å²) in [7, 11) is 0. The summed E-state index contributed by atoms with van der Waals surface area (Å²) in [5, 5.41) is 0.481. The normalized spacial score (nSPS) is 20.3. The molecule has 0 fully saturated rings. The van der Waals surface area contributed by atoms with Gasteiger partial charge in [-0.25, -0.2) is 4.90 Å². The molecule has 2 heterocycles. The zero-order valence-corrected chi connectivity index (χ0v) is 16.0. The van der Waals surface area contributed by atoms with Gasteiger partial charge in [0.05, 0.1) is 10.7 Å². The molecule has 6 heteroatoms. The first-order valence-electron chi connectivity index (χ1n) is 8.94. The van der Waals surface area contributed by atoms with Crippen LogP contribution in [0.3, 0.4) is 0 Å². The Morgan fingerprint density at radius 3 is 2.50 bits per heavy atom. The molecule has 0 spiro atoms. The average Bonchev–Trinajstić information content (AvgIpc) is 2.93. The van der Waals surface area contributed by atoms with Gasteiger partial charge in [0.25, 0.3) is 11.8 Å². The van der Waals surface area contributed by atoms with Crippen LogP contribution >= 0.6 is 23.4 Å². The molecule has 1 aromatic carbocycles. The van der Waals surface area contributed by atoms with Crippen LogP contribution < -0.4 is 9.64 Å². The van der Waals surface area contributed by atoms with E-state index < -0.39 is 0 Å². The fourth-order valence-electron chi connectivity index (χ4n) is 3.60. The third-order valence-electron chi connectivity index (χ3n) is 4.96. The molecule has 4 rings (SSSR count). The van der Waals surface area contributed by atoms with Crippen molar-refractivity contribution in [3.63, 3.8) is 0 Å². The maximum atomic E-state index is 12.7. The van der Waals surface area contributed by atoms with Crippen LogP contribution in [0.4, 0.5) is 5.69 Å². The molecule has 1 aliphatic carbocycles. The molecular formula is C20H20ClNO3S. The van der Waals surface area contributed by atoms with Crippen LogP contribution in [0.1, 0.15) is 32.1 Å². The maximum Gasteiger partial charge on any atom is 0.261 e. The summed E-state index contributed by atoms with van der Waals surface area (Å²) in [6.07, 6.45) is 6.59. The molecule has 26 heavy (non-hydrogen) atoms. The highest BCUT2D eigenvalue weighted by Crippen LogP contribution is 2.38. The second-order valence-corrected chi connectivity index (χ2v) is 8.23. The van der Waals surface area contributed by atoms with Gasteiger partial charge in [-0.05, 0) is 55.6 Å². The van der Waals surface area contributed by atoms with Gasteiger partial charge in [-0.2, -0.15) is 11.8 Å². The number of rotatable bonds is 4. The highest BCUT2D eigenvalue weighted by molar-refractivity contribution is 7.99. The number of hydrogen-bond acceptors (Lipinski definition) is 4. The van der Waals surface area contributed by atoms with Gasteiger partial charge in [0, 0.05) is 23.0 Å². The molecule has 0 N–H and O–H groups in total. The largest absolute Gasteiger partial charge is 0.488 e. The summed E-state index contributed by atoms with van der Waals surface area (Å²) in [6.45, 7) is 0.479. The zero-order chi connectivity index (χ0) is 18.1. The highest BCUT2D eigenvalue weighted by atomic mass is 35.5. The Bertz CT molecular complexity index is 802. The first kappa shape index (κ1) is 17.7. The molecule has 2 amide bonds. The third kappa shape index (κ3) is 3.30. The summed E-state index contributed by atoms with van der Waals surface area (Å²) in [5.41, 5.74) is 3.14. The number of amides is 2. The van der Waals surface area contributed by atoms with Crippen molar-refractivity contribution in [1.29, 1.82) is 0 Å². The molecule has 2 aliphatic heterocycles. The van der Waals surface area contributed by atoms with Crippen LogP contribution in [0.15, 0.2) is 41.0 Å². The fraction of sp³-hybridized carbons (Fsp3) is 0.400. The Labute approximate surface area is 162 Å². The quantitative estimate of drug-likeness (QED) is 0.560. The van der Waals surface area contributed by atoms with Crippen molar-refractivity contribution in [3.8, 4) is 5.75 Å². The molecule has 0 atom stereocenters. The molecule has 0 radical (unpaired) electrons. The lowest BCUT2D eigenvalue weighted by Crippen LogP contribution is -2.31. The van der Waals surface area contributed by atoms with Crippen LogP contribution in [0.25, 0.3) is 0 Å². The van der Waals surface area contributed by atoms with Crippen LogP contribution in [0.5, 0.6) is 5.75 Å². The number of nitrogens with zero attached hydrogens (tertiary/aromatic N) is 1. The predicted octanol–water partition coefficient (Wildman–Crippen LogP) is 4.53. The van der Waals surface area contributed by atoms with E-state index in [0.717, 1.165) is 30.8 Å². The number of benzene rings is 1. The van der Waals surface area contributed by atoms with Gasteiger partial charge in [-0.1, -0.05) is 17.7 Å². The summed E-state index contributed by atoms with van der Waals surface area (Å²) >= 11 is 8.16. The van der Waals surface area contributed by atoms with Crippen molar-refractivity contribution in [2.75, 3.05) is 23.0 Å². The topological polar surface area (TPSA) is 46.6 Å². The van der Waals surface area contributed by atoms with Gasteiger partial charge in [-0.3, -0.25) is 9.59 Å². The van der Waals surface area contributed by atoms with E-state index in [0.29, 0.717) is 47.1 Å². The van der Waals surface area contributed by atoms with Crippen LogP contribution in [0, 0.1) is 0 Å². The predicted molar refractivity (Wildman–Crippen MR) is 105 cm³/mol. The van der Waals surface area contributed by atoms with Crippen LogP contribution in [-0.4, -0.2) is 29.9 Å². The second-order valence-electron chi connectivity index (χ2n) is 6.72. The number of allylic oxidation sites excluding steroid dienone is 1. The summed E-state index contributed by atoms with van der Waals surface area (Å²) in [5.74, 6) is 2.24. The van der Waals surface area contributed by atoms with Gasteiger partial charge in [-0.15, -0.1) is 0 Å². The molecular weight excluding hydrogens is 370 g/mol. The molecule has 0 saturated carbocycles. The number of imide groups is 1. The van der Waals surface area contributed by atoms with E-state index in [1.807, 2.05) is 11.8 Å². The Morgan fingerprint density at radius 2 is 1.85 bits per heavy atom. The first-order valence-corrected chi connectivity index (χ1v) is 10.5. The minimum Gasteiger partial charge on any atom is -0.488 e. The van der Waals surface area contributed by atoms with Crippen molar-refractivity contribution < 1.29 is 14.3 Å². The number of halogens is 1. The number of anilines is 1. The van der Waals surface area contributed by atoms with E-state index >= 15 is 0 Å². The van der Waals surface area contributed by atoms with Gasteiger partial charge >= 0.3 is 0 Å². The maximum absolute atomic E-state index is 12.7. The van der Waals surface area contributed by atoms with Gasteiger partial charge in [0.15, 0.2) is 0 Å². The number of carbonyl (C=O) groups excluding carboxylic acids is 2. The molecule has 3 aliphatic rings. The molecule has 0 aromatic heterocycles. The molecule has 0 saturated heterocycles. The van der Waals surface area contributed by atoms with Crippen molar-refractivity contribution in [1.82, 2.24) is 0 Å². The number of ether oxygens (including phenoxy) is 1. The third-order valence-corrected chi connectivity index (χ3v) is 6.37. The van der Waals surface area contributed by atoms with Gasteiger partial charge in [0.1, 0.15) is 12.4 Å². The summed E-state index contributed by atoms with van der Waals surface area (Å²) in [6, 6.07) is 5.10. The summed E-state index contributed by atoms with van der Waals surface area (Å²) in [4.78, 5) is 26.7. The monoisotopic (exact) mass is 389 g/mol. The number of carbonyl (C=O) groups is 2. The lowest BCUT2D eigenvalue weighted by Gasteiger charge is -2.18. The molecule has 0 unspecified atom stereocenters. The van der Waals surface area contributed by atoms with E-state index in [-0.39, 0.29) is 11.8 Å². The van der Waals surface area contributed by atoms with Gasteiger partial charge < -0.3 is 4.74 Å². The Hall–Kier alpha value is -1.72. The van der Waals surface area contributed by atoms with Crippen LogP contribution in [-0.2, 0) is 9.59 Å². The number of thioether (sulfide) groups is 1. The lowest BCUT2D eigenvalue weighted by atomic mass is 9.93. The van der Waals surface area contributed by atoms with E-state index in [1.165, 1.54) is 10.5 Å². The first-order chi connectivity index (χ1) is 12.6. The highest BCUT2D eigenvalue weighted by Gasteiger charge is 2.39.